The van der Waals surface area contributed by atoms with E-state index in [9.17, 15) is 48.7 Å². The Kier molecular flexibility index (Phi) is 12.0. The van der Waals surface area contributed by atoms with Crippen molar-refractivity contribution in [2.24, 2.45) is 0 Å². The molecule has 6 atom stereocenters. The number of aliphatic hydroxyl groups is 4. The second kappa shape index (κ2) is 16.1. The largest absolute Gasteiger partial charge is 0.476 e. The molecule has 1 aliphatic heterocycles. The molecule has 21 heteroatoms. The van der Waals surface area contributed by atoms with Crippen molar-refractivity contribution in [3.63, 3.8) is 0 Å². The molecule has 0 bridgehead atoms. The van der Waals surface area contributed by atoms with Crippen molar-refractivity contribution in [3.8, 4) is 22.7 Å². The highest BCUT2D eigenvalue weighted by Gasteiger charge is 2.57. The number of hydrogen-bond acceptors (Lipinski definition) is 13. The number of halogens is 4. The van der Waals surface area contributed by atoms with Gasteiger partial charge in [-0.2, -0.15) is 0 Å². The number of nitrogens with one attached hydrogen (secondary N) is 2. The third-order valence-corrected chi connectivity index (χ3v) is 8.84. The van der Waals surface area contributed by atoms with Gasteiger partial charge in [-0.15, -0.1) is 5.10 Å². The summed E-state index contributed by atoms with van der Waals surface area (Å²) in [6, 6.07) is 6.42. The van der Waals surface area contributed by atoms with Crippen LogP contribution in [0.15, 0.2) is 47.1 Å². The Balaban J connectivity index is 1.37. The zero-order valence-electron chi connectivity index (χ0n) is 27.6. The smallest absolute Gasteiger partial charge is 0.377 e. The molecule has 0 aliphatic carbocycles. The molecule has 284 valence electrons. The van der Waals surface area contributed by atoms with Gasteiger partial charge in [0.05, 0.1) is 59.2 Å². The third-order valence-electron chi connectivity index (χ3n) is 8.21. The van der Waals surface area contributed by atoms with Gasteiger partial charge in [-0.25, -0.2) is 18.3 Å². The van der Waals surface area contributed by atoms with Crippen LogP contribution in [0.3, 0.4) is 0 Å². The molecule has 1 saturated heterocycles. The number of carbonyl (C=O) groups is 3. The Morgan fingerprint density at radius 1 is 1.17 bits per heavy atom. The van der Waals surface area contributed by atoms with E-state index in [-0.39, 0.29) is 45.0 Å². The monoisotopic (exact) mass is 784 g/mol. The molecule has 4 aromatic rings. The van der Waals surface area contributed by atoms with E-state index in [1.807, 2.05) is 0 Å². The molecule has 2 aromatic heterocycles. The Morgan fingerprint density at radius 2 is 1.87 bits per heavy atom. The first-order valence-corrected chi connectivity index (χ1v) is 16.4. The first-order chi connectivity index (χ1) is 25.1. The molecule has 5 rings (SSSR count). The number of carboxylic acid groups (broad SMARTS) is 1. The molecule has 53 heavy (non-hydrogen) atoms. The summed E-state index contributed by atoms with van der Waals surface area (Å²) in [5.41, 5.74) is -0.158. The summed E-state index contributed by atoms with van der Waals surface area (Å²) in [5, 5.41) is 68.3. The average Bonchev–Trinajstić information content (AvgIpc) is 3.74. The average molecular weight is 786 g/mol. The number of aliphatic carboxylic acids is 1. The zero-order chi connectivity index (χ0) is 38.8. The number of carbonyl (C=O) groups excluding carboxylic acids is 2. The lowest BCUT2D eigenvalue weighted by atomic mass is 9.88. The molecule has 2 amide bonds. The van der Waals surface area contributed by atoms with Crippen LogP contribution in [0.1, 0.15) is 47.1 Å². The first kappa shape index (κ1) is 39.4. The third kappa shape index (κ3) is 8.25. The lowest BCUT2D eigenvalue weighted by Crippen LogP contribution is -2.68. The van der Waals surface area contributed by atoms with Crippen LogP contribution in [-0.2, 0) is 20.9 Å². The predicted octanol–water partition coefficient (Wildman–Crippen LogP) is 1.93. The van der Waals surface area contributed by atoms with E-state index in [0.29, 0.717) is 5.56 Å². The number of aromatic nitrogens is 4. The van der Waals surface area contributed by atoms with Gasteiger partial charge < -0.3 is 50.2 Å². The van der Waals surface area contributed by atoms with E-state index in [4.69, 9.17) is 37.2 Å². The lowest BCUT2D eigenvalue weighted by molar-refractivity contribution is -0.284. The number of benzene rings is 2. The van der Waals surface area contributed by atoms with Crippen LogP contribution in [0.5, 0.6) is 5.75 Å². The van der Waals surface area contributed by atoms with Gasteiger partial charge in [0.25, 0.3) is 12.3 Å². The van der Waals surface area contributed by atoms with E-state index in [2.05, 4.69) is 26.1 Å². The van der Waals surface area contributed by atoms with Gasteiger partial charge in [-0.3, -0.25) is 9.59 Å². The minimum Gasteiger partial charge on any atom is -0.476 e. The highest BCUT2D eigenvalue weighted by molar-refractivity contribution is 6.39. The normalized spacial score (nSPS) is 21.2. The number of amides is 2. The molecule has 0 unspecified atom stereocenters. The maximum atomic E-state index is 14.4. The fourth-order valence-corrected chi connectivity index (χ4v) is 6.23. The van der Waals surface area contributed by atoms with Crippen LogP contribution in [0.2, 0.25) is 10.0 Å². The van der Waals surface area contributed by atoms with Crippen molar-refractivity contribution in [1.29, 1.82) is 0 Å². The first-order valence-electron chi connectivity index (χ1n) is 15.6. The molecule has 1 aliphatic rings. The Bertz CT molecular complexity index is 1980. The molecule has 1 fully saturated rings. The summed E-state index contributed by atoms with van der Waals surface area (Å²) in [7, 11) is 0. The van der Waals surface area contributed by atoms with Gasteiger partial charge in [-0.05, 0) is 37.3 Å². The Morgan fingerprint density at radius 3 is 2.49 bits per heavy atom. The van der Waals surface area contributed by atoms with Crippen molar-refractivity contribution < 1.29 is 62.7 Å². The van der Waals surface area contributed by atoms with Crippen LogP contribution >= 0.6 is 23.2 Å². The van der Waals surface area contributed by atoms with E-state index in [0.717, 1.165) is 23.7 Å². The highest BCUT2D eigenvalue weighted by Crippen LogP contribution is 2.39. The van der Waals surface area contributed by atoms with Crippen molar-refractivity contribution in [2.75, 3.05) is 6.61 Å². The fraction of sp³-hybridized carbons (Fsp3) is 0.375. The van der Waals surface area contributed by atoms with Crippen LogP contribution in [0.4, 0.5) is 8.78 Å². The topological polar surface area (TPSA) is 252 Å². The summed E-state index contributed by atoms with van der Waals surface area (Å²) in [4.78, 5) is 37.5. The van der Waals surface area contributed by atoms with Gasteiger partial charge >= 0.3 is 11.8 Å². The van der Waals surface area contributed by atoms with Crippen molar-refractivity contribution in [3.05, 3.63) is 75.2 Å². The minimum absolute atomic E-state index is 0.0160. The van der Waals surface area contributed by atoms with Crippen LogP contribution < -0.4 is 15.4 Å². The maximum Gasteiger partial charge on any atom is 0.377 e. The summed E-state index contributed by atoms with van der Waals surface area (Å²) in [6.07, 6.45) is -10.5. The summed E-state index contributed by atoms with van der Waals surface area (Å²) in [5.74, 6) is -6.66. The molecule has 17 nitrogen and oxygen atoms in total. The number of alkyl halides is 2. The zero-order valence-corrected chi connectivity index (χ0v) is 29.1. The number of carboxylic acids is 1. The van der Waals surface area contributed by atoms with Gasteiger partial charge in [0, 0.05) is 12.5 Å². The lowest BCUT2D eigenvalue weighted by Gasteiger charge is -2.46. The van der Waals surface area contributed by atoms with Gasteiger partial charge in [-0.1, -0.05) is 39.6 Å². The van der Waals surface area contributed by atoms with Gasteiger partial charge in [0.2, 0.25) is 5.91 Å². The molecule has 2 aromatic carbocycles. The number of nitrogens with zero attached hydrogens (tertiary/aromatic N) is 4. The summed E-state index contributed by atoms with van der Waals surface area (Å²) < 4.78 is 46.3. The summed E-state index contributed by atoms with van der Waals surface area (Å²) >= 11 is 12.6. The SMILES string of the molecule is CC(=O)N[C@H]1[C@H]([C@H](O)[C@H](O)CO)O[C@@](Oc2ccc(-n3cc(CNC(=O)c4c(-c5c(Cl)cccc5Cl)noc4C)nn3)cc2C(F)F)(C(=O)O)C[C@@H]1O. The highest BCUT2D eigenvalue weighted by atomic mass is 35.5. The number of rotatable bonds is 13. The minimum atomic E-state index is -3.26. The quantitative estimate of drug-likeness (QED) is 0.102. The van der Waals surface area contributed by atoms with Crippen LogP contribution in [0, 0.1) is 6.92 Å². The van der Waals surface area contributed by atoms with Crippen molar-refractivity contribution in [1.82, 2.24) is 30.8 Å². The van der Waals surface area contributed by atoms with E-state index in [1.165, 1.54) is 19.2 Å². The van der Waals surface area contributed by atoms with E-state index >= 15 is 0 Å². The Labute approximate surface area is 308 Å². The molecule has 0 spiro atoms. The number of aliphatic hydroxyl groups excluding tert-OH is 4. The molecular weight excluding hydrogens is 753 g/mol. The van der Waals surface area contributed by atoms with Crippen LogP contribution in [0.25, 0.3) is 16.9 Å². The van der Waals surface area contributed by atoms with Crippen molar-refractivity contribution in [2.45, 2.75) is 69.5 Å². The number of aryl methyl sites for hydroxylation is 1. The predicted molar refractivity (Wildman–Crippen MR) is 177 cm³/mol. The molecule has 0 saturated carbocycles. The molecular formula is C32H32Cl2F2N6O11. The fourth-order valence-electron chi connectivity index (χ4n) is 5.65. The molecule has 7 N–H and O–H groups in total. The van der Waals surface area contributed by atoms with Gasteiger partial charge in [0.15, 0.2) is 0 Å². The maximum absolute atomic E-state index is 14.4. The standard InChI is InChI=1S/C32H32Cl2F2N6O11/c1-13-23(26(40-53-13)24-18(33)4-3-5-19(24)34)30(48)37-10-15-11-42(41-39-15)16-6-7-22(17(8-16)29(35)36)51-32(31(49)50)9-20(45)25(38-14(2)44)28(52-32)27(47)21(46)12-43/h3-8,11,20-21,25,27-29,43,45-47H,9-10,12H2,1-2H3,(H,37,48)(H,38,44)(H,49,50)/t20-,21+,25+,27+,28+,32+/m0/s1. The van der Waals surface area contributed by atoms with Crippen LogP contribution in [-0.4, -0.2) is 106 Å². The number of ether oxygens (including phenoxy) is 2. The second-order valence-corrected chi connectivity index (χ2v) is 12.7. The molecule has 3 heterocycles. The van der Waals surface area contributed by atoms with Crippen molar-refractivity contribution >= 4 is 41.0 Å². The second-order valence-electron chi connectivity index (χ2n) is 11.9. The summed E-state index contributed by atoms with van der Waals surface area (Å²) in [6.45, 7) is 1.39. The van der Waals surface area contributed by atoms with Gasteiger partial charge in [0.1, 0.15) is 46.8 Å². The van der Waals surface area contributed by atoms with E-state index < -0.39 is 84.8 Å². The van der Waals surface area contributed by atoms with E-state index in [1.54, 1.807) is 18.2 Å². The number of hydrogen-bond donors (Lipinski definition) is 7. The molecule has 0 radical (unpaired) electrons. The Hall–Kier alpha value is -4.76.